The van der Waals surface area contributed by atoms with Crippen LogP contribution in [0.15, 0.2) is 0 Å². The molecule has 0 aliphatic carbocycles. The predicted octanol–water partition coefficient (Wildman–Crippen LogP) is 1.64. The van der Waals surface area contributed by atoms with Gasteiger partial charge in [-0.2, -0.15) is 0 Å². The molecule has 1 saturated heterocycles. The number of ether oxygens (including phenoxy) is 1. The summed E-state index contributed by atoms with van der Waals surface area (Å²) in [4.78, 5) is 11.5. The van der Waals surface area contributed by atoms with Crippen LogP contribution in [0, 0.1) is 0 Å². The smallest absolute Gasteiger partial charge is 0.149 e. The van der Waals surface area contributed by atoms with Gasteiger partial charge < -0.3 is 10.5 Å². The lowest BCUT2D eigenvalue weighted by atomic mass is 10.0. The number of rotatable bonds is 6. The predicted molar refractivity (Wildman–Crippen MR) is 56.1 cm³/mol. The molecule has 1 fully saturated rings. The van der Waals surface area contributed by atoms with E-state index in [0.717, 1.165) is 38.7 Å². The van der Waals surface area contributed by atoms with Gasteiger partial charge >= 0.3 is 0 Å². The van der Waals surface area contributed by atoms with E-state index < -0.39 is 0 Å². The van der Waals surface area contributed by atoms with Crippen LogP contribution in [0.5, 0.6) is 0 Å². The van der Waals surface area contributed by atoms with E-state index in [9.17, 15) is 4.79 Å². The van der Waals surface area contributed by atoms with E-state index in [2.05, 4.69) is 0 Å². The first kappa shape index (κ1) is 11.7. The van der Waals surface area contributed by atoms with Crippen molar-refractivity contribution in [1.29, 1.82) is 0 Å². The van der Waals surface area contributed by atoms with Gasteiger partial charge in [0.1, 0.15) is 5.78 Å². The molecule has 1 aliphatic rings. The molecule has 2 atom stereocenters. The number of hydrogen-bond donors (Lipinski definition) is 1. The highest BCUT2D eigenvalue weighted by atomic mass is 16.5. The minimum absolute atomic E-state index is 0.197. The average molecular weight is 199 g/mol. The van der Waals surface area contributed by atoms with Crippen LogP contribution in [0.3, 0.4) is 0 Å². The summed E-state index contributed by atoms with van der Waals surface area (Å²) in [5.74, 6) is 0.197. The molecule has 0 amide bonds. The third-order valence-corrected chi connectivity index (χ3v) is 2.75. The minimum atomic E-state index is -0.249. The molecule has 2 unspecified atom stereocenters. The van der Waals surface area contributed by atoms with Crippen molar-refractivity contribution in [2.45, 2.75) is 57.6 Å². The lowest BCUT2D eigenvalue weighted by molar-refractivity contribution is -0.121. The average Bonchev–Trinajstić information content (AvgIpc) is 2.67. The van der Waals surface area contributed by atoms with Gasteiger partial charge in [0, 0.05) is 13.0 Å². The second-order valence-electron chi connectivity index (χ2n) is 4.04. The fraction of sp³-hybridized carbons (Fsp3) is 0.909. The zero-order chi connectivity index (χ0) is 10.4. The van der Waals surface area contributed by atoms with Gasteiger partial charge in [-0.3, -0.25) is 4.79 Å². The summed E-state index contributed by atoms with van der Waals surface area (Å²) >= 11 is 0. The van der Waals surface area contributed by atoms with E-state index in [-0.39, 0.29) is 11.8 Å². The molecule has 0 aromatic heterocycles. The molecule has 0 spiro atoms. The molecule has 0 aromatic carbocycles. The molecule has 0 bridgehead atoms. The van der Waals surface area contributed by atoms with E-state index in [1.807, 2.05) is 6.92 Å². The Bertz CT molecular complexity index is 176. The van der Waals surface area contributed by atoms with Crippen molar-refractivity contribution in [2.75, 3.05) is 6.61 Å². The maximum Gasteiger partial charge on any atom is 0.149 e. The Hall–Kier alpha value is -0.410. The molecule has 0 saturated carbocycles. The number of nitrogens with two attached hydrogens (primary N) is 1. The molecule has 1 heterocycles. The summed E-state index contributed by atoms with van der Waals surface area (Å²) in [5.41, 5.74) is 5.72. The zero-order valence-electron chi connectivity index (χ0n) is 9.00. The van der Waals surface area contributed by atoms with Crippen molar-refractivity contribution in [1.82, 2.24) is 0 Å². The summed E-state index contributed by atoms with van der Waals surface area (Å²) in [6, 6.07) is -0.249. The lowest BCUT2D eigenvalue weighted by Crippen LogP contribution is -2.30. The highest BCUT2D eigenvalue weighted by molar-refractivity contribution is 5.83. The van der Waals surface area contributed by atoms with E-state index in [1.165, 1.54) is 0 Å². The SMILES string of the molecule is CCCC(N)C(=O)CCC1CCCO1. The van der Waals surface area contributed by atoms with Gasteiger partial charge in [-0.1, -0.05) is 13.3 Å². The van der Waals surface area contributed by atoms with E-state index >= 15 is 0 Å². The largest absolute Gasteiger partial charge is 0.378 e. The number of hydrogen-bond acceptors (Lipinski definition) is 3. The van der Waals surface area contributed by atoms with Gasteiger partial charge in [0.05, 0.1) is 12.1 Å². The van der Waals surface area contributed by atoms with Crippen LogP contribution in [0.1, 0.15) is 45.4 Å². The Morgan fingerprint density at radius 3 is 3.00 bits per heavy atom. The number of Topliss-reactive ketones (excluding diaryl/α,β-unsaturated/α-hetero) is 1. The Morgan fingerprint density at radius 1 is 1.64 bits per heavy atom. The summed E-state index contributed by atoms with van der Waals surface area (Å²) < 4.78 is 5.45. The Morgan fingerprint density at radius 2 is 2.43 bits per heavy atom. The van der Waals surface area contributed by atoms with E-state index in [4.69, 9.17) is 10.5 Å². The molecular formula is C11H21NO2. The standard InChI is InChI=1S/C11H21NO2/c1-2-4-10(12)11(13)7-6-9-5-3-8-14-9/h9-10H,2-8,12H2,1H3. The summed E-state index contributed by atoms with van der Waals surface area (Å²) in [5, 5.41) is 0. The fourth-order valence-corrected chi connectivity index (χ4v) is 1.83. The Labute approximate surface area is 86.0 Å². The third-order valence-electron chi connectivity index (χ3n) is 2.75. The van der Waals surface area contributed by atoms with Crippen LogP contribution in [-0.4, -0.2) is 24.5 Å². The molecule has 0 aromatic rings. The van der Waals surface area contributed by atoms with Gasteiger partial charge in [0.25, 0.3) is 0 Å². The van der Waals surface area contributed by atoms with Crippen LogP contribution in [-0.2, 0) is 9.53 Å². The van der Waals surface area contributed by atoms with Gasteiger partial charge in [0.2, 0.25) is 0 Å². The molecule has 2 N–H and O–H groups in total. The number of ketones is 1. The molecule has 0 radical (unpaired) electrons. The van der Waals surface area contributed by atoms with Crippen LogP contribution < -0.4 is 5.73 Å². The highest BCUT2D eigenvalue weighted by Gasteiger charge is 2.18. The summed E-state index contributed by atoms with van der Waals surface area (Å²) in [6.45, 7) is 2.91. The molecule has 1 rings (SSSR count). The minimum Gasteiger partial charge on any atom is -0.378 e. The van der Waals surface area contributed by atoms with E-state index in [1.54, 1.807) is 0 Å². The first-order valence-corrected chi connectivity index (χ1v) is 5.64. The van der Waals surface area contributed by atoms with Crippen LogP contribution >= 0.6 is 0 Å². The van der Waals surface area contributed by atoms with Gasteiger partial charge in [-0.15, -0.1) is 0 Å². The van der Waals surface area contributed by atoms with Crippen LogP contribution in [0.2, 0.25) is 0 Å². The normalized spacial score (nSPS) is 23.7. The van der Waals surface area contributed by atoms with Gasteiger partial charge in [0.15, 0.2) is 0 Å². The Balaban J connectivity index is 2.13. The first-order valence-electron chi connectivity index (χ1n) is 5.64. The van der Waals surface area contributed by atoms with Crippen molar-refractivity contribution in [3.63, 3.8) is 0 Å². The molecule has 3 heteroatoms. The molecule has 14 heavy (non-hydrogen) atoms. The highest BCUT2D eigenvalue weighted by Crippen LogP contribution is 2.17. The van der Waals surface area contributed by atoms with Gasteiger partial charge in [-0.05, 0) is 25.7 Å². The topological polar surface area (TPSA) is 52.3 Å². The Kier molecular flexibility index (Phi) is 5.12. The summed E-state index contributed by atoms with van der Waals surface area (Å²) in [7, 11) is 0. The van der Waals surface area contributed by atoms with Crippen LogP contribution in [0.25, 0.3) is 0 Å². The molecule has 1 aliphatic heterocycles. The molecule has 82 valence electrons. The number of carbonyl (C=O) groups is 1. The molecular weight excluding hydrogens is 178 g/mol. The van der Waals surface area contributed by atoms with Crippen molar-refractivity contribution in [3.8, 4) is 0 Å². The van der Waals surface area contributed by atoms with Crippen molar-refractivity contribution in [2.24, 2.45) is 5.73 Å². The fourth-order valence-electron chi connectivity index (χ4n) is 1.83. The first-order chi connectivity index (χ1) is 6.74. The second kappa shape index (κ2) is 6.14. The molecule has 3 nitrogen and oxygen atoms in total. The van der Waals surface area contributed by atoms with Crippen molar-refractivity contribution >= 4 is 5.78 Å². The second-order valence-corrected chi connectivity index (χ2v) is 4.04. The maximum absolute atomic E-state index is 11.5. The van der Waals surface area contributed by atoms with Crippen molar-refractivity contribution in [3.05, 3.63) is 0 Å². The number of carbonyl (C=O) groups excluding carboxylic acids is 1. The van der Waals surface area contributed by atoms with Crippen molar-refractivity contribution < 1.29 is 9.53 Å². The van der Waals surface area contributed by atoms with E-state index in [0.29, 0.717) is 12.5 Å². The third kappa shape index (κ3) is 3.76. The zero-order valence-corrected chi connectivity index (χ0v) is 9.00. The van der Waals surface area contributed by atoms with Gasteiger partial charge in [-0.25, -0.2) is 0 Å². The monoisotopic (exact) mass is 199 g/mol. The quantitative estimate of drug-likeness (QED) is 0.707. The summed E-state index contributed by atoms with van der Waals surface area (Å²) in [6.07, 6.45) is 5.79. The maximum atomic E-state index is 11.5. The lowest BCUT2D eigenvalue weighted by Gasteiger charge is -2.11. The van der Waals surface area contributed by atoms with Crippen LogP contribution in [0.4, 0.5) is 0 Å².